The lowest BCUT2D eigenvalue weighted by Gasteiger charge is -2.18. The Kier molecular flexibility index (Phi) is 7.42. The molecule has 1 aliphatic rings. The summed E-state index contributed by atoms with van der Waals surface area (Å²) in [4.78, 5) is 31.5. The molecule has 0 saturated heterocycles. The Balaban J connectivity index is 1.41. The second-order valence-electron chi connectivity index (χ2n) is 9.60. The molecule has 3 heterocycles. The average molecular weight is 524 g/mol. The fraction of sp³-hybridized carbons (Fsp3) is 0.267. The Labute approximate surface area is 227 Å². The lowest BCUT2D eigenvalue weighted by atomic mass is 10.0. The number of nitrogens with one attached hydrogen (secondary N) is 3. The zero-order chi connectivity index (χ0) is 27.5. The maximum Gasteiger partial charge on any atom is 0.256 e. The molecule has 0 bridgehead atoms. The van der Waals surface area contributed by atoms with E-state index in [4.69, 9.17) is 0 Å². The lowest BCUT2D eigenvalue weighted by Crippen LogP contribution is -2.35. The van der Waals surface area contributed by atoms with E-state index in [1.807, 2.05) is 74.7 Å². The molecule has 9 heteroatoms. The molecule has 2 aromatic carbocycles. The number of H-pyrrole nitrogens is 1. The van der Waals surface area contributed by atoms with Crippen LogP contribution >= 0.6 is 0 Å². The van der Waals surface area contributed by atoms with Gasteiger partial charge >= 0.3 is 0 Å². The van der Waals surface area contributed by atoms with Gasteiger partial charge in [-0.2, -0.15) is 0 Å². The minimum atomic E-state index is -0.188. The maximum absolute atomic E-state index is 13.0. The number of nitrogens with zero attached hydrogens (tertiary/aromatic N) is 4. The number of aromatic amines is 1. The third-order valence-corrected chi connectivity index (χ3v) is 7.21. The first-order valence-electron chi connectivity index (χ1n) is 13.2. The van der Waals surface area contributed by atoms with Crippen molar-refractivity contribution in [2.45, 2.75) is 27.7 Å². The van der Waals surface area contributed by atoms with E-state index in [1.165, 1.54) is 0 Å². The van der Waals surface area contributed by atoms with Gasteiger partial charge in [-0.1, -0.05) is 43.3 Å². The standard InChI is InChI=1S/C30H33N7O2/c1-5-36(6-2)15-14-31-30(39)28-19(3)26(32-20(28)4)17-24-23-16-21(12-13-25(23)33-29(24)38)27-18-37(35-34-27)22-10-8-7-9-11-22/h7-13,16-18,32H,5-6,14-15H2,1-4H3,(H,31,39)(H,33,38). The van der Waals surface area contributed by atoms with E-state index in [-0.39, 0.29) is 11.8 Å². The van der Waals surface area contributed by atoms with Crippen LogP contribution in [0.1, 0.15) is 46.7 Å². The van der Waals surface area contributed by atoms with Crippen LogP contribution in [0.15, 0.2) is 54.7 Å². The molecule has 3 N–H and O–H groups in total. The molecule has 1 aliphatic heterocycles. The summed E-state index contributed by atoms with van der Waals surface area (Å²) in [5.41, 5.74) is 7.45. The third-order valence-electron chi connectivity index (χ3n) is 7.21. The normalized spacial score (nSPS) is 13.7. The summed E-state index contributed by atoms with van der Waals surface area (Å²) in [6, 6.07) is 15.5. The number of carbonyl (C=O) groups is 2. The summed E-state index contributed by atoms with van der Waals surface area (Å²) < 4.78 is 1.72. The molecule has 39 heavy (non-hydrogen) atoms. The van der Waals surface area contributed by atoms with Crippen LogP contribution in [0.25, 0.3) is 28.6 Å². The third kappa shape index (κ3) is 5.26. The second-order valence-corrected chi connectivity index (χ2v) is 9.60. The number of fused-ring (bicyclic) bond motifs is 1. The zero-order valence-corrected chi connectivity index (χ0v) is 22.7. The van der Waals surface area contributed by atoms with Crippen LogP contribution in [0, 0.1) is 13.8 Å². The molecule has 200 valence electrons. The van der Waals surface area contributed by atoms with Gasteiger partial charge in [-0.15, -0.1) is 5.10 Å². The quantitative estimate of drug-likeness (QED) is 0.281. The Morgan fingerprint density at radius 1 is 1.10 bits per heavy atom. The van der Waals surface area contributed by atoms with Crippen molar-refractivity contribution in [3.8, 4) is 16.9 Å². The SMILES string of the molecule is CCN(CC)CCNC(=O)c1c(C)[nH]c(C=C2C(=O)Nc3ccc(-c4cn(-c5ccccc5)nn4)cc32)c1C. The smallest absolute Gasteiger partial charge is 0.256 e. The van der Waals surface area contributed by atoms with Crippen molar-refractivity contribution in [1.29, 1.82) is 0 Å². The fourth-order valence-electron chi connectivity index (χ4n) is 4.95. The highest BCUT2D eigenvalue weighted by atomic mass is 16.2. The first kappa shape index (κ1) is 26.1. The highest BCUT2D eigenvalue weighted by Gasteiger charge is 2.26. The Bertz CT molecular complexity index is 1540. The second kappa shape index (κ2) is 11.1. The van der Waals surface area contributed by atoms with E-state index in [0.29, 0.717) is 23.4 Å². The number of likely N-dealkylation sites (N-methyl/N-ethyl adjacent to an activating group) is 1. The van der Waals surface area contributed by atoms with Crippen molar-refractivity contribution in [2.75, 3.05) is 31.5 Å². The molecule has 0 unspecified atom stereocenters. The average Bonchev–Trinajstić information content (AvgIpc) is 3.63. The molecule has 0 saturated carbocycles. The largest absolute Gasteiger partial charge is 0.358 e. The first-order chi connectivity index (χ1) is 18.9. The van der Waals surface area contributed by atoms with Crippen LogP contribution in [0.2, 0.25) is 0 Å². The monoisotopic (exact) mass is 523 g/mol. The van der Waals surface area contributed by atoms with E-state index in [9.17, 15) is 9.59 Å². The van der Waals surface area contributed by atoms with Gasteiger partial charge in [0, 0.05) is 41.3 Å². The molecule has 0 aliphatic carbocycles. The fourth-order valence-corrected chi connectivity index (χ4v) is 4.95. The van der Waals surface area contributed by atoms with Gasteiger partial charge in [0.1, 0.15) is 5.69 Å². The topological polar surface area (TPSA) is 108 Å². The van der Waals surface area contributed by atoms with E-state index < -0.39 is 0 Å². The van der Waals surface area contributed by atoms with Gasteiger partial charge < -0.3 is 20.5 Å². The number of hydrogen-bond donors (Lipinski definition) is 3. The number of amides is 2. The summed E-state index contributed by atoms with van der Waals surface area (Å²) >= 11 is 0. The van der Waals surface area contributed by atoms with Crippen molar-refractivity contribution in [3.63, 3.8) is 0 Å². The zero-order valence-electron chi connectivity index (χ0n) is 22.7. The number of anilines is 1. The Morgan fingerprint density at radius 2 is 1.87 bits per heavy atom. The van der Waals surface area contributed by atoms with Gasteiger partial charge in [0.15, 0.2) is 0 Å². The molecule has 0 spiro atoms. The first-order valence-corrected chi connectivity index (χ1v) is 13.2. The minimum absolute atomic E-state index is 0.113. The summed E-state index contributed by atoms with van der Waals surface area (Å²) in [5.74, 6) is -0.301. The summed E-state index contributed by atoms with van der Waals surface area (Å²) in [5, 5.41) is 14.6. The molecule has 4 aromatic rings. The van der Waals surface area contributed by atoms with Crippen molar-refractivity contribution in [3.05, 3.63) is 82.8 Å². The van der Waals surface area contributed by atoms with Crippen molar-refractivity contribution < 1.29 is 9.59 Å². The molecule has 0 fully saturated rings. The number of benzene rings is 2. The van der Waals surface area contributed by atoms with E-state index in [2.05, 4.69) is 44.7 Å². The van der Waals surface area contributed by atoms with E-state index >= 15 is 0 Å². The lowest BCUT2D eigenvalue weighted by molar-refractivity contribution is -0.110. The van der Waals surface area contributed by atoms with Gasteiger partial charge in [-0.3, -0.25) is 9.59 Å². The summed E-state index contributed by atoms with van der Waals surface area (Å²) in [6.45, 7) is 11.3. The van der Waals surface area contributed by atoms with Crippen LogP contribution < -0.4 is 10.6 Å². The van der Waals surface area contributed by atoms with E-state index in [0.717, 1.165) is 59.1 Å². The number of hydrogen-bond acceptors (Lipinski definition) is 5. The number of para-hydroxylation sites is 1. The molecule has 0 radical (unpaired) electrons. The Hall–Kier alpha value is -4.50. The molecule has 2 amide bonds. The van der Waals surface area contributed by atoms with Gasteiger partial charge in [0.2, 0.25) is 0 Å². The van der Waals surface area contributed by atoms with Gasteiger partial charge in [0.25, 0.3) is 11.8 Å². The van der Waals surface area contributed by atoms with Gasteiger partial charge in [-0.25, -0.2) is 4.68 Å². The number of aromatic nitrogens is 4. The molecular weight excluding hydrogens is 490 g/mol. The molecule has 5 rings (SSSR count). The van der Waals surface area contributed by atoms with Crippen molar-refractivity contribution >= 4 is 29.2 Å². The maximum atomic E-state index is 13.0. The highest BCUT2D eigenvalue weighted by molar-refractivity contribution is 6.35. The van der Waals surface area contributed by atoms with Gasteiger partial charge in [0.05, 0.1) is 23.0 Å². The van der Waals surface area contributed by atoms with Crippen molar-refractivity contribution in [1.82, 2.24) is 30.2 Å². The van der Waals surface area contributed by atoms with Crippen LogP contribution in [-0.2, 0) is 4.79 Å². The summed E-state index contributed by atoms with van der Waals surface area (Å²) in [7, 11) is 0. The molecule has 9 nitrogen and oxygen atoms in total. The van der Waals surface area contributed by atoms with Crippen LogP contribution in [0.3, 0.4) is 0 Å². The van der Waals surface area contributed by atoms with Crippen molar-refractivity contribution in [2.24, 2.45) is 0 Å². The number of rotatable bonds is 9. The number of aryl methyl sites for hydroxylation is 1. The van der Waals surface area contributed by atoms with Crippen LogP contribution in [-0.4, -0.2) is 62.9 Å². The predicted molar refractivity (Wildman–Crippen MR) is 154 cm³/mol. The van der Waals surface area contributed by atoms with Crippen LogP contribution in [0.5, 0.6) is 0 Å². The van der Waals surface area contributed by atoms with Crippen LogP contribution in [0.4, 0.5) is 5.69 Å². The highest BCUT2D eigenvalue weighted by Crippen LogP contribution is 2.36. The molecular formula is C30H33N7O2. The molecule has 2 aromatic heterocycles. The Morgan fingerprint density at radius 3 is 2.62 bits per heavy atom. The van der Waals surface area contributed by atoms with E-state index in [1.54, 1.807) is 4.68 Å². The van der Waals surface area contributed by atoms with Gasteiger partial charge in [-0.05, 0) is 62.8 Å². The minimum Gasteiger partial charge on any atom is -0.358 e. The number of carbonyl (C=O) groups excluding carboxylic acids is 2. The summed E-state index contributed by atoms with van der Waals surface area (Å²) in [6.07, 6.45) is 3.69. The molecule has 0 atom stereocenters. The predicted octanol–water partition coefficient (Wildman–Crippen LogP) is 4.44.